The largest absolute Gasteiger partial charge is 0.486 e. The molecule has 1 unspecified atom stereocenters. The number of para-hydroxylation sites is 1. The van der Waals surface area contributed by atoms with E-state index in [4.69, 9.17) is 15.2 Å². The van der Waals surface area contributed by atoms with Crippen molar-refractivity contribution >= 4 is 5.91 Å². The van der Waals surface area contributed by atoms with Crippen LogP contribution in [0.15, 0.2) is 18.2 Å². The number of rotatable bonds is 4. The minimum Gasteiger partial charge on any atom is -0.486 e. The second-order valence-corrected chi connectivity index (χ2v) is 5.56. The molecule has 5 heteroatoms. The number of carbonyl (C=O) groups excluding carboxylic acids is 1. The van der Waals surface area contributed by atoms with Gasteiger partial charge in [-0.2, -0.15) is 0 Å². The van der Waals surface area contributed by atoms with E-state index in [1.807, 2.05) is 20.8 Å². The van der Waals surface area contributed by atoms with Crippen LogP contribution < -0.4 is 20.5 Å². The lowest BCUT2D eigenvalue weighted by Gasteiger charge is -2.34. The second-order valence-electron chi connectivity index (χ2n) is 5.56. The molecule has 1 heterocycles. The molecule has 110 valence electrons. The van der Waals surface area contributed by atoms with Gasteiger partial charge < -0.3 is 20.5 Å². The molecule has 20 heavy (non-hydrogen) atoms. The number of nitrogens with two attached hydrogens (primary N) is 1. The predicted molar refractivity (Wildman–Crippen MR) is 77.2 cm³/mol. The van der Waals surface area contributed by atoms with E-state index in [0.29, 0.717) is 36.8 Å². The highest BCUT2D eigenvalue weighted by Crippen LogP contribution is 2.33. The number of hydrogen-bond acceptors (Lipinski definition) is 4. The molecule has 3 N–H and O–H groups in total. The third-order valence-corrected chi connectivity index (χ3v) is 3.91. The number of carbonyl (C=O) groups is 1. The second kappa shape index (κ2) is 5.71. The summed E-state index contributed by atoms with van der Waals surface area (Å²) in [4.78, 5) is 12.5. The van der Waals surface area contributed by atoms with Crippen molar-refractivity contribution in [3.63, 3.8) is 0 Å². The summed E-state index contributed by atoms with van der Waals surface area (Å²) in [5, 5.41) is 3.01. The standard InChI is InChI=1S/C15H22N2O3/c1-10(2)15(3,9-16)17-14(18)11-5-4-6-12-13(11)20-8-7-19-12/h4-6,10H,7-9,16H2,1-3H3,(H,17,18). The van der Waals surface area contributed by atoms with Crippen LogP contribution in [0.25, 0.3) is 0 Å². The first-order valence-corrected chi connectivity index (χ1v) is 6.89. The van der Waals surface area contributed by atoms with Crippen LogP contribution in [0.4, 0.5) is 0 Å². The Morgan fingerprint density at radius 2 is 2.10 bits per heavy atom. The Bertz CT molecular complexity index is 502. The van der Waals surface area contributed by atoms with Gasteiger partial charge in [0.25, 0.3) is 5.91 Å². The fourth-order valence-corrected chi connectivity index (χ4v) is 2.01. The van der Waals surface area contributed by atoms with Crippen LogP contribution in [0.3, 0.4) is 0 Å². The van der Waals surface area contributed by atoms with Gasteiger partial charge in [-0.05, 0) is 25.0 Å². The van der Waals surface area contributed by atoms with Gasteiger partial charge in [-0.25, -0.2) is 0 Å². The molecule has 1 aliphatic heterocycles. The Morgan fingerprint density at radius 3 is 2.75 bits per heavy atom. The molecule has 0 saturated heterocycles. The molecule has 0 saturated carbocycles. The molecule has 1 atom stereocenters. The van der Waals surface area contributed by atoms with Gasteiger partial charge in [0, 0.05) is 6.54 Å². The topological polar surface area (TPSA) is 73.6 Å². The molecular formula is C15H22N2O3. The van der Waals surface area contributed by atoms with Crippen LogP contribution in [-0.4, -0.2) is 31.2 Å². The average Bonchev–Trinajstić information content (AvgIpc) is 2.46. The van der Waals surface area contributed by atoms with E-state index in [0.717, 1.165) is 0 Å². The first-order valence-electron chi connectivity index (χ1n) is 6.89. The van der Waals surface area contributed by atoms with Gasteiger partial charge in [-0.3, -0.25) is 4.79 Å². The lowest BCUT2D eigenvalue weighted by molar-refractivity contribution is 0.0872. The minimum atomic E-state index is -0.449. The first kappa shape index (κ1) is 14.7. The fraction of sp³-hybridized carbons (Fsp3) is 0.533. The van der Waals surface area contributed by atoms with E-state index in [2.05, 4.69) is 5.32 Å². The predicted octanol–water partition coefficient (Wildman–Crippen LogP) is 1.56. The number of hydrogen-bond donors (Lipinski definition) is 2. The maximum Gasteiger partial charge on any atom is 0.255 e. The van der Waals surface area contributed by atoms with E-state index in [1.165, 1.54) is 0 Å². The van der Waals surface area contributed by atoms with Gasteiger partial charge in [0.2, 0.25) is 0 Å². The Kier molecular flexibility index (Phi) is 4.18. The van der Waals surface area contributed by atoms with Gasteiger partial charge in [0.05, 0.1) is 11.1 Å². The molecular weight excluding hydrogens is 256 g/mol. The number of ether oxygens (including phenoxy) is 2. The number of nitrogens with one attached hydrogen (secondary N) is 1. The van der Waals surface area contributed by atoms with Crippen LogP contribution in [0.2, 0.25) is 0 Å². The van der Waals surface area contributed by atoms with Crippen molar-refractivity contribution in [2.45, 2.75) is 26.3 Å². The lowest BCUT2D eigenvalue weighted by atomic mass is 9.88. The maximum absolute atomic E-state index is 12.5. The van der Waals surface area contributed by atoms with Crippen LogP contribution >= 0.6 is 0 Å². The molecule has 0 aromatic heterocycles. The monoisotopic (exact) mass is 278 g/mol. The van der Waals surface area contributed by atoms with E-state index < -0.39 is 5.54 Å². The average molecular weight is 278 g/mol. The molecule has 0 bridgehead atoms. The first-order chi connectivity index (χ1) is 9.48. The van der Waals surface area contributed by atoms with Crippen molar-refractivity contribution in [2.24, 2.45) is 11.7 Å². The zero-order valence-electron chi connectivity index (χ0n) is 12.2. The van der Waals surface area contributed by atoms with E-state index in [9.17, 15) is 4.79 Å². The third kappa shape index (κ3) is 2.72. The number of benzene rings is 1. The van der Waals surface area contributed by atoms with Gasteiger partial charge >= 0.3 is 0 Å². The number of amides is 1. The summed E-state index contributed by atoms with van der Waals surface area (Å²) in [5.74, 6) is 1.17. The van der Waals surface area contributed by atoms with E-state index >= 15 is 0 Å². The summed E-state index contributed by atoms with van der Waals surface area (Å²) in [5.41, 5.74) is 5.84. The summed E-state index contributed by atoms with van der Waals surface area (Å²) in [6, 6.07) is 5.33. The molecule has 1 aromatic carbocycles. The molecule has 1 aromatic rings. The summed E-state index contributed by atoms with van der Waals surface area (Å²) in [6.45, 7) is 7.35. The summed E-state index contributed by atoms with van der Waals surface area (Å²) in [7, 11) is 0. The molecule has 1 aliphatic rings. The van der Waals surface area contributed by atoms with Gasteiger partial charge in [0.15, 0.2) is 11.5 Å². The Balaban J connectivity index is 2.26. The highest BCUT2D eigenvalue weighted by molar-refractivity contribution is 5.98. The maximum atomic E-state index is 12.5. The normalized spacial score (nSPS) is 16.6. The summed E-state index contributed by atoms with van der Waals surface area (Å²) < 4.78 is 11.1. The Morgan fingerprint density at radius 1 is 1.40 bits per heavy atom. The van der Waals surface area contributed by atoms with Gasteiger partial charge in [-0.15, -0.1) is 0 Å². The van der Waals surface area contributed by atoms with Gasteiger partial charge in [0.1, 0.15) is 13.2 Å². The zero-order valence-corrected chi connectivity index (χ0v) is 12.2. The lowest BCUT2D eigenvalue weighted by Crippen LogP contribution is -2.55. The Hall–Kier alpha value is -1.75. The fourth-order valence-electron chi connectivity index (χ4n) is 2.01. The smallest absolute Gasteiger partial charge is 0.255 e. The molecule has 0 radical (unpaired) electrons. The van der Waals surface area contributed by atoms with Crippen molar-refractivity contribution in [3.8, 4) is 11.5 Å². The summed E-state index contributed by atoms with van der Waals surface area (Å²) >= 11 is 0. The molecule has 2 rings (SSSR count). The molecule has 1 amide bonds. The van der Waals surface area contributed by atoms with Crippen LogP contribution in [0.5, 0.6) is 11.5 Å². The van der Waals surface area contributed by atoms with Crippen LogP contribution in [-0.2, 0) is 0 Å². The molecule has 0 spiro atoms. The summed E-state index contributed by atoms with van der Waals surface area (Å²) in [6.07, 6.45) is 0. The van der Waals surface area contributed by atoms with Gasteiger partial charge in [-0.1, -0.05) is 19.9 Å². The highest BCUT2D eigenvalue weighted by atomic mass is 16.6. The van der Waals surface area contributed by atoms with E-state index in [-0.39, 0.29) is 11.8 Å². The van der Waals surface area contributed by atoms with Crippen molar-refractivity contribution in [2.75, 3.05) is 19.8 Å². The quantitative estimate of drug-likeness (QED) is 0.876. The highest BCUT2D eigenvalue weighted by Gasteiger charge is 2.30. The minimum absolute atomic E-state index is 0.186. The van der Waals surface area contributed by atoms with Crippen LogP contribution in [0.1, 0.15) is 31.1 Å². The van der Waals surface area contributed by atoms with Crippen molar-refractivity contribution in [1.29, 1.82) is 0 Å². The van der Waals surface area contributed by atoms with Crippen LogP contribution in [0, 0.1) is 5.92 Å². The molecule has 0 aliphatic carbocycles. The SMILES string of the molecule is CC(C)C(C)(CN)NC(=O)c1cccc2c1OCCO2. The number of fused-ring (bicyclic) bond motifs is 1. The molecule has 5 nitrogen and oxygen atoms in total. The zero-order chi connectivity index (χ0) is 14.8. The van der Waals surface area contributed by atoms with E-state index in [1.54, 1.807) is 18.2 Å². The van der Waals surface area contributed by atoms with Crippen molar-refractivity contribution in [1.82, 2.24) is 5.32 Å². The van der Waals surface area contributed by atoms with Crippen molar-refractivity contribution in [3.05, 3.63) is 23.8 Å². The third-order valence-electron chi connectivity index (χ3n) is 3.91. The molecule has 0 fully saturated rings. The Labute approximate surface area is 119 Å². The van der Waals surface area contributed by atoms with Crippen molar-refractivity contribution < 1.29 is 14.3 Å².